The highest BCUT2D eigenvalue weighted by Crippen LogP contribution is 2.36. The summed E-state index contributed by atoms with van der Waals surface area (Å²) in [6.07, 6.45) is 3.64. The van der Waals surface area contributed by atoms with E-state index in [1.54, 1.807) is 24.7 Å². The molecule has 0 amide bonds. The van der Waals surface area contributed by atoms with Crippen molar-refractivity contribution in [3.8, 4) is 27.6 Å². The second kappa shape index (κ2) is 8.86. The zero-order valence-electron chi connectivity index (χ0n) is 17.7. The standard InChI is InChI=1S/C21H22N4O5S/c1-5-28-21(26)18-19(29-9-8-27-4)23-20(31-18)14-6-7-25-16(10-14)15(11-22-25)17-12(2)24-30-13(17)3/h6-7,10-11H,5,8-9H2,1-4H3. The van der Waals surface area contributed by atoms with Gasteiger partial charge in [0, 0.05) is 24.4 Å². The molecule has 0 aromatic carbocycles. The molecule has 0 bridgehead atoms. The first-order valence-corrected chi connectivity index (χ1v) is 10.6. The lowest BCUT2D eigenvalue weighted by Gasteiger charge is -2.04. The molecule has 0 fully saturated rings. The lowest BCUT2D eigenvalue weighted by Crippen LogP contribution is -2.09. The maximum absolute atomic E-state index is 12.4. The van der Waals surface area contributed by atoms with E-state index in [1.165, 1.54) is 11.3 Å². The van der Waals surface area contributed by atoms with Crippen molar-refractivity contribution >= 4 is 22.8 Å². The zero-order chi connectivity index (χ0) is 22.0. The molecular formula is C21H22N4O5S. The summed E-state index contributed by atoms with van der Waals surface area (Å²) in [5.74, 6) is 0.515. The van der Waals surface area contributed by atoms with Crippen LogP contribution in [0.1, 0.15) is 28.0 Å². The minimum Gasteiger partial charge on any atom is -0.474 e. The van der Waals surface area contributed by atoms with Gasteiger partial charge < -0.3 is 18.7 Å². The average Bonchev–Trinajstić information content (AvgIpc) is 3.45. The number of thiazole rings is 1. The number of ether oxygens (including phenoxy) is 3. The van der Waals surface area contributed by atoms with Crippen molar-refractivity contribution in [1.29, 1.82) is 0 Å². The Morgan fingerprint density at radius 1 is 1.29 bits per heavy atom. The van der Waals surface area contributed by atoms with Crippen molar-refractivity contribution < 1.29 is 23.5 Å². The van der Waals surface area contributed by atoms with Crippen LogP contribution in [0.2, 0.25) is 0 Å². The van der Waals surface area contributed by atoms with Crippen molar-refractivity contribution in [3.05, 3.63) is 40.9 Å². The molecule has 0 unspecified atom stereocenters. The summed E-state index contributed by atoms with van der Waals surface area (Å²) in [5, 5.41) is 9.12. The predicted molar refractivity (Wildman–Crippen MR) is 115 cm³/mol. The van der Waals surface area contributed by atoms with Crippen LogP contribution in [-0.4, -0.2) is 52.7 Å². The fraction of sp³-hybridized carbons (Fsp3) is 0.333. The number of hydrogen-bond donors (Lipinski definition) is 0. The van der Waals surface area contributed by atoms with Gasteiger partial charge in [-0.1, -0.05) is 5.16 Å². The van der Waals surface area contributed by atoms with Crippen LogP contribution in [0.3, 0.4) is 0 Å². The van der Waals surface area contributed by atoms with Gasteiger partial charge in [-0.25, -0.2) is 14.3 Å². The molecule has 162 valence electrons. The highest BCUT2D eigenvalue weighted by atomic mass is 32.1. The molecule has 0 atom stereocenters. The molecule has 0 aliphatic heterocycles. The van der Waals surface area contributed by atoms with E-state index in [9.17, 15) is 4.79 Å². The van der Waals surface area contributed by atoms with Gasteiger partial charge in [-0.2, -0.15) is 5.10 Å². The minimum absolute atomic E-state index is 0.245. The molecule has 4 rings (SSSR count). The molecule has 10 heteroatoms. The number of rotatable bonds is 8. The van der Waals surface area contributed by atoms with Crippen molar-refractivity contribution in [2.75, 3.05) is 26.9 Å². The fourth-order valence-corrected chi connectivity index (χ4v) is 4.15. The first kappa shape index (κ1) is 21.0. The summed E-state index contributed by atoms with van der Waals surface area (Å²) in [7, 11) is 1.58. The number of esters is 1. The molecule has 9 nitrogen and oxygen atoms in total. The van der Waals surface area contributed by atoms with Gasteiger partial charge in [-0.05, 0) is 32.9 Å². The number of fused-ring (bicyclic) bond motifs is 1. The van der Waals surface area contributed by atoms with E-state index >= 15 is 0 Å². The second-order valence-corrected chi connectivity index (χ2v) is 7.72. The van der Waals surface area contributed by atoms with Crippen LogP contribution in [0.5, 0.6) is 5.88 Å². The van der Waals surface area contributed by atoms with Crippen molar-refractivity contribution in [1.82, 2.24) is 19.8 Å². The van der Waals surface area contributed by atoms with Gasteiger partial charge in [-0.15, -0.1) is 11.3 Å². The molecule has 31 heavy (non-hydrogen) atoms. The van der Waals surface area contributed by atoms with Gasteiger partial charge >= 0.3 is 5.97 Å². The molecule has 0 saturated heterocycles. The highest BCUT2D eigenvalue weighted by Gasteiger charge is 2.23. The molecular weight excluding hydrogens is 420 g/mol. The topological polar surface area (TPSA) is 101 Å². The largest absolute Gasteiger partial charge is 0.474 e. The average molecular weight is 442 g/mol. The fourth-order valence-electron chi connectivity index (χ4n) is 3.25. The summed E-state index contributed by atoms with van der Waals surface area (Å²) in [5.41, 5.74) is 4.34. The molecule has 0 aliphatic carbocycles. The van der Waals surface area contributed by atoms with Gasteiger partial charge in [0.15, 0.2) is 4.88 Å². The number of hydrogen-bond acceptors (Lipinski definition) is 9. The summed E-state index contributed by atoms with van der Waals surface area (Å²) < 4.78 is 23.0. The summed E-state index contributed by atoms with van der Waals surface area (Å²) in [4.78, 5) is 17.3. The van der Waals surface area contributed by atoms with E-state index in [-0.39, 0.29) is 19.1 Å². The predicted octanol–water partition coefficient (Wildman–Crippen LogP) is 3.93. The number of carbonyl (C=O) groups is 1. The number of nitrogens with zero attached hydrogens (tertiary/aromatic N) is 4. The molecule has 0 N–H and O–H groups in total. The van der Waals surface area contributed by atoms with Crippen LogP contribution in [-0.2, 0) is 9.47 Å². The highest BCUT2D eigenvalue weighted by molar-refractivity contribution is 7.17. The van der Waals surface area contributed by atoms with Gasteiger partial charge in [0.2, 0.25) is 5.88 Å². The normalized spacial score (nSPS) is 11.2. The number of aromatic nitrogens is 4. The first-order chi connectivity index (χ1) is 15.0. The Morgan fingerprint density at radius 2 is 2.13 bits per heavy atom. The maximum Gasteiger partial charge on any atom is 0.354 e. The molecule has 0 aliphatic rings. The lowest BCUT2D eigenvalue weighted by molar-refractivity contribution is 0.0525. The number of aryl methyl sites for hydroxylation is 2. The molecule has 0 saturated carbocycles. The number of methoxy groups -OCH3 is 1. The van der Waals surface area contributed by atoms with Gasteiger partial charge in [0.1, 0.15) is 17.4 Å². The van der Waals surface area contributed by atoms with E-state index in [0.29, 0.717) is 16.5 Å². The van der Waals surface area contributed by atoms with E-state index < -0.39 is 5.97 Å². The van der Waals surface area contributed by atoms with Crippen LogP contribution in [0, 0.1) is 13.8 Å². The SMILES string of the molecule is CCOC(=O)c1sc(-c2ccn3ncc(-c4c(C)noc4C)c3c2)nc1OCCOC. The van der Waals surface area contributed by atoms with Gasteiger partial charge in [0.05, 0.1) is 36.2 Å². The monoisotopic (exact) mass is 442 g/mol. The second-order valence-electron chi connectivity index (χ2n) is 6.72. The van der Waals surface area contributed by atoms with E-state index in [0.717, 1.165) is 33.7 Å². The van der Waals surface area contributed by atoms with Crippen molar-refractivity contribution in [3.63, 3.8) is 0 Å². The minimum atomic E-state index is -0.458. The van der Waals surface area contributed by atoms with Crippen molar-refractivity contribution in [2.24, 2.45) is 0 Å². The van der Waals surface area contributed by atoms with Crippen LogP contribution < -0.4 is 4.74 Å². The van der Waals surface area contributed by atoms with Gasteiger partial charge in [-0.3, -0.25) is 0 Å². The molecule has 0 radical (unpaired) electrons. The van der Waals surface area contributed by atoms with E-state index in [2.05, 4.69) is 15.2 Å². The Kier molecular flexibility index (Phi) is 6.01. The Labute approximate surface area is 182 Å². The van der Waals surface area contributed by atoms with E-state index in [4.69, 9.17) is 18.7 Å². The van der Waals surface area contributed by atoms with Crippen LogP contribution in [0.15, 0.2) is 29.0 Å². The summed E-state index contributed by atoms with van der Waals surface area (Å²) in [6.45, 7) is 6.47. The smallest absolute Gasteiger partial charge is 0.354 e. The molecule has 4 aromatic rings. The molecule has 4 aromatic heterocycles. The summed E-state index contributed by atoms with van der Waals surface area (Å²) in [6, 6.07) is 3.87. The Bertz CT molecular complexity index is 1210. The third-order valence-electron chi connectivity index (χ3n) is 4.65. The number of carbonyl (C=O) groups excluding carboxylic acids is 1. The van der Waals surface area contributed by atoms with Gasteiger partial charge in [0.25, 0.3) is 0 Å². The van der Waals surface area contributed by atoms with E-state index in [1.807, 2.05) is 32.2 Å². The summed E-state index contributed by atoms with van der Waals surface area (Å²) >= 11 is 1.23. The molecule has 0 spiro atoms. The Balaban J connectivity index is 1.77. The lowest BCUT2D eigenvalue weighted by atomic mass is 10.1. The van der Waals surface area contributed by atoms with Crippen LogP contribution >= 0.6 is 11.3 Å². The Morgan fingerprint density at radius 3 is 2.84 bits per heavy atom. The maximum atomic E-state index is 12.4. The van der Waals surface area contributed by atoms with Crippen LogP contribution in [0.25, 0.3) is 27.2 Å². The zero-order valence-corrected chi connectivity index (χ0v) is 18.5. The third-order valence-corrected chi connectivity index (χ3v) is 5.72. The number of pyridine rings is 1. The van der Waals surface area contributed by atoms with Crippen molar-refractivity contribution in [2.45, 2.75) is 20.8 Å². The third kappa shape index (κ3) is 4.04. The first-order valence-electron chi connectivity index (χ1n) is 9.74. The quantitative estimate of drug-likeness (QED) is 0.299. The van der Waals surface area contributed by atoms with Crippen LogP contribution in [0.4, 0.5) is 0 Å². The molecule has 4 heterocycles. The Hall–Kier alpha value is -3.24.